The molecule has 0 heterocycles. The average molecular weight is 460 g/mol. The minimum Gasteiger partial charge on any atom is -0.463 e. The van der Waals surface area contributed by atoms with Gasteiger partial charge in [-0.05, 0) is 23.8 Å². The van der Waals surface area contributed by atoms with Gasteiger partial charge in [0.1, 0.15) is 13.2 Å². The summed E-state index contributed by atoms with van der Waals surface area (Å²) < 4.78 is 4.94. The molecule has 2 rings (SSSR count). The van der Waals surface area contributed by atoms with Gasteiger partial charge in [-0.15, -0.1) is 20.2 Å². The van der Waals surface area contributed by atoms with Crippen molar-refractivity contribution in [1.29, 1.82) is 0 Å². The molecule has 2 aromatic rings. The van der Waals surface area contributed by atoms with E-state index in [0.29, 0.717) is 27.0 Å². The summed E-state index contributed by atoms with van der Waals surface area (Å²) >= 11 is 12.3. The molecule has 0 bridgehead atoms. The van der Waals surface area contributed by atoms with Crippen molar-refractivity contribution < 1.29 is 29.4 Å². The number of carbonyl (C=O) groups excluding carboxylic acids is 1. The number of anilines is 2. The number of halogens is 2. The van der Waals surface area contributed by atoms with Crippen molar-refractivity contribution in [2.24, 2.45) is 0 Å². The van der Waals surface area contributed by atoms with E-state index in [-0.39, 0.29) is 6.42 Å². The molecule has 1 N–H and O–H groups in total. The predicted molar refractivity (Wildman–Crippen MR) is 106 cm³/mol. The molecular weight excluding hydrogens is 445 g/mol. The number of hydrogen-bond acceptors (Lipinski definition) is 9. The molecule has 11 nitrogen and oxygen atoms in total. The summed E-state index contributed by atoms with van der Waals surface area (Å²) in [6.07, 6.45) is -1.66. The second kappa shape index (κ2) is 11.0. The van der Waals surface area contributed by atoms with Crippen LogP contribution in [0.5, 0.6) is 0 Å². The number of para-hydroxylation sites is 2. The normalized spacial score (nSPS) is 11.3. The van der Waals surface area contributed by atoms with Crippen molar-refractivity contribution in [2.45, 2.75) is 12.5 Å². The van der Waals surface area contributed by atoms with Crippen LogP contribution in [-0.2, 0) is 25.6 Å². The third-order valence-electron chi connectivity index (χ3n) is 3.61. The summed E-state index contributed by atoms with van der Waals surface area (Å²) in [7, 11) is 0. The second-order valence-corrected chi connectivity index (χ2v) is 6.52. The maximum atomic E-state index is 12.2. The van der Waals surface area contributed by atoms with Crippen molar-refractivity contribution >= 4 is 40.5 Å². The van der Waals surface area contributed by atoms with Gasteiger partial charge in [0, 0.05) is 5.69 Å². The third kappa shape index (κ3) is 7.26. The number of esters is 1. The zero-order chi connectivity index (χ0) is 22.1. The quantitative estimate of drug-likeness (QED) is 0.302. The molecule has 0 aliphatic heterocycles. The average Bonchev–Trinajstić information content (AvgIpc) is 2.68. The Bertz CT molecular complexity index is 907. The summed E-state index contributed by atoms with van der Waals surface area (Å²) in [4.78, 5) is 41.1. The van der Waals surface area contributed by atoms with Gasteiger partial charge in [-0.1, -0.05) is 47.5 Å². The molecule has 0 saturated heterocycles. The molecule has 0 unspecified atom stereocenters. The molecule has 1 atom stereocenters. The Morgan fingerprint density at radius 3 is 2.30 bits per heavy atom. The van der Waals surface area contributed by atoms with Gasteiger partial charge in [0.2, 0.25) is 0 Å². The summed E-state index contributed by atoms with van der Waals surface area (Å²) in [5.41, 5.74) is 1.53. The molecule has 0 saturated carbocycles. The standard InChI is InChI=1S/C17H15Cl2N3O8/c18-13-5-3-6-14(19)17(13)20-15-7-2-1-4-11(15)8-16(23)28-9-12(30-22(26)27)10-29-21(24)25/h1-7,12,20H,8-10H2/t12-/m0/s1. The van der Waals surface area contributed by atoms with Gasteiger partial charge in [-0.3, -0.25) is 4.79 Å². The van der Waals surface area contributed by atoms with Crippen molar-refractivity contribution in [3.63, 3.8) is 0 Å². The van der Waals surface area contributed by atoms with Gasteiger partial charge in [-0.25, -0.2) is 0 Å². The van der Waals surface area contributed by atoms with Crippen LogP contribution in [-0.4, -0.2) is 35.5 Å². The minimum atomic E-state index is -1.45. The van der Waals surface area contributed by atoms with E-state index >= 15 is 0 Å². The van der Waals surface area contributed by atoms with E-state index in [1.807, 2.05) is 0 Å². The Morgan fingerprint density at radius 2 is 1.67 bits per heavy atom. The first-order chi connectivity index (χ1) is 14.3. The number of rotatable bonds is 11. The summed E-state index contributed by atoms with van der Waals surface area (Å²) in [5, 5.41) is 22.2. The van der Waals surface area contributed by atoms with Gasteiger partial charge in [0.05, 0.1) is 22.2 Å². The maximum absolute atomic E-state index is 12.2. The van der Waals surface area contributed by atoms with E-state index in [4.69, 9.17) is 27.9 Å². The fourth-order valence-corrected chi connectivity index (χ4v) is 2.81. The molecule has 0 aromatic heterocycles. The second-order valence-electron chi connectivity index (χ2n) is 5.71. The highest BCUT2D eigenvalue weighted by atomic mass is 35.5. The zero-order valence-corrected chi connectivity index (χ0v) is 16.7. The molecule has 13 heteroatoms. The summed E-state index contributed by atoms with van der Waals surface area (Å²) in [5.74, 6) is -0.743. The van der Waals surface area contributed by atoms with E-state index in [1.165, 1.54) is 0 Å². The smallest absolute Gasteiger partial charge is 0.310 e. The van der Waals surface area contributed by atoms with Crippen LogP contribution in [0.3, 0.4) is 0 Å². The van der Waals surface area contributed by atoms with Crippen molar-refractivity contribution in [2.75, 3.05) is 18.5 Å². The largest absolute Gasteiger partial charge is 0.463 e. The number of nitrogens with zero attached hydrogens (tertiary/aromatic N) is 2. The lowest BCUT2D eigenvalue weighted by Gasteiger charge is -2.16. The van der Waals surface area contributed by atoms with Crippen LogP contribution in [0.2, 0.25) is 10.0 Å². The van der Waals surface area contributed by atoms with E-state index in [1.54, 1.807) is 42.5 Å². The summed E-state index contributed by atoms with van der Waals surface area (Å²) in [6, 6.07) is 11.8. The number of hydrogen-bond donors (Lipinski definition) is 1. The number of ether oxygens (including phenoxy) is 1. The first-order valence-corrected chi connectivity index (χ1v) is 9.05. The summed E-state index contributed by atoms with van der Waals surface area (Å²) in [6.45, 7) is -1.38. The lowest BCUT2D eigenvalue weighted by Crippen LogP contribution is -2.30. The van der Waals surface area contributed by atoms with Gasteiger partial charge in [-0.2, -0.15) is 0 Å². The fourth-order valence-electron chi connectivity index (χ4n) is 2.32. The number of nitrogens with one attached hydrogen (secondary N) is 1. The van der Waals surface area contributed by atoms with Crippen LogP contribution >= 0.6 is 23.2 Å². The maximum Gasteiger partial charge on any atom is 0.310 e. The molecule has 0 amide bonds. The van der Waals surface area contributed by atoms with Crippen LogP contribution in [0.15, 0.2) is 42.5 Å². The van der Waals surface area contributed by atoms with E-state index in [2.05, 4.69) is 15.0 Å². The Hall–Kier alpha value is -3.31. The zero-order valence-electron chi connectivity index (χ0n) is 15.2. The van der Waals surface area contributed by atoms with E-state index in [0.717, 1.165) is 0 Å². The lowest BCUT2D eigenvalue weighted by atomic mass is 10.1. The molecule has 0 fully saturated rings. The molecule has 0 radical (unpaired) electrons. The van der Waals surface area contributed by atoms with E-state index < -0.39 is 35.5 Å². The molecule has 2 aromatic carbocycles. The van der Waals surface area contributed by atoms with Gasteiger partial charge >= 0.3 is 5.97 Å². The molecule has 0 aliphatic carbocycles. The third-order valence-corrected chi connectivity index (χ3v) is 4.24. The Balaban J connectivity index is 2.03. The van der Waals surface area contributed by atoms with Crippen LogP contribution < -0.4 is 5.32 Å². The SMILES string of the molecule is O=C(Cc1ccccc1Nc1c(Cl)cccc1Cl)OC[C@@H](CO[N+](=O)[O-])O[N+](=O)[O-]. The first-order valence-electron chi connectivity index (χ1n) is 8.29. The minimum absolute atomic E-state index is 0.202. The monoisotopic (exact) mass is 459 g/mol. The lowest BCUT2D eigenvalue weighted by molar-refractivity contribution is -0.790. The Morgan fingerprint density at radius 1 is 1.00 bits per heavy atom. The topological polar surface area (TPSA) is 143 Å². The van der Waals surface area contributed by atoms with Gasteiger partial charge < -0.3 is 19.7 Å². The van der Waals surface area contributed by atoms with Crippen LogP contribution in [0.25, 0.3) is 0 Å². The van der Waals surface area contributed by atoms with Gasteiger partial charge in [0.25, 0.3) is 10.2 Å². The van der Waals surface area contributed by atoms with Crippen molar-refractivity contribution in [1.82, 2.24) is 0 Å². The number of benzene rings is 2. The van der Waals surface area contributed by atoms with Crippen LogP contribution in [0, 0.1) is 20.2 Å². The highest BCUT2D eigenvalue weighted by Crippen LogP contribution is 2.33. The molecule has 0 spiro atoms. The van der Waals surface area contributed by atoms with Crippen molar-refractivity contribution in [3.05, 3.63) is 78.3 Å². The highest BCUT2D eigenvalue weighted by Gasteiger charge is 2.19. The highest BCUT2D eigenvalue weighted by molar-refractivity contribution is 6.39. The molecular formula is C17H15Cl2N3O8. The van der Waals surface area contributed by atoms with Crippen LogP contribution in [0.1, 0.15) is 5.56 Å². The predicted octanol–water partition coefficient (Wildman–Crippen LogP) is 3.61. The molecule has 0 aliphatic rings. The van der Waals surface area contributed by atoms with Crippen molar-refractivity contribution in [3.8, 4) is 0 Å². The molecule has 160 valence electrons. The fraction of sp³-hybridized carbons (Fsp3) is 0.235. The van der Waals surface area contributed by atoms with Gasteiger partial charge in [0.15, 0.2) is 6.10 Å². The Kier molecular flexibility index (Phi) is 8.44. The number of carbonyl (C=O) groups is 1. The first kappa shape index (κ1) is 23.0. The Labute approximate surface area is 179 Å². The van der Waals surface area contributed by atoms with Crippen LogP contribution in [0.4, 0.5) is 11.4 Å². The molecule has 30 heavy (non-hydrogen) atoms. The van der Waals surface area contributed by atoms with E-state index in [9.17, 15) is 25.0 Å².